The van der Waals surface area contributed by atoms with E-state index in [-0.39, 0.29) is 12.6 Å². The lowest BCUT2D eigenvalue weighted by Crippen LogP contribution is -2.35. The maximum atomic E-state index is 12.7. The zero-order chi connectivity index (χ0) is 14.2. The van der Waals surface area contributed by atoms with E-state index >= 15 is 0 Å². The third-order valence-corrected chi connectivity index (χ3v) is 7.46. The van der Waals surface area contributed by atoms with E-state index in [0.717, 1.165) is 32.9 Å². The summed E-state index contributed by atoms with van der Waals surface area (Å²) in [6, 6.07) is 7.59. The van der Waals surface area contributed by atoms with Crippen molar-refractivity contribution >= 4 is 43.2 Å². The zero-order valence-corrected chi connectivity index (χ0v) is 13.3. The molecule has 1 aliphatic heterocycles. The first-order chi connectivity index (χ1) is 9.62. The monoisotopic (exact) mass is 328 g/mol. The lowest BCUT2D eigenvalue weighted by atomic mass is 10.2. The van der Waals surface area contributed by atoms with Crippen LogP contribution < -0.4 is 10.5 Å². The lowest BCUT2D eigenvalue weighted by molar-refractivity contribution is 0.563. The Bertz CT molecular complexity index is 718. The van der Waals surface area contributed by atoms with Gasteiger partial charge < -0.3 is 5.73 Å². The molecule has 1 fully saturated rings. The maximum Gasteiger partial charge on any atom is 0.242 e. The van der Waals surface area contributed by atoms with E-state index in [1.165, 1.54) is 11.3 Å². The molecule has 1 saturated heterocycles. The van der Waals surface area contributed by atoms with Gasteiger partial charge in [-0.1, -0.05) is 18.2 Å². The lowest BCUT2D eigenvalue weighted by Gasteiger charge is -2.12. The molecule has 3 N–H and O–H groups in total. The quantitative estimate of drug-likeness (QED) is 0.902. The molecule has 3 rings (SSSR count). The summed E-state index contributed by atoms with van der Waals surface area (Å²) >= 11 is 3.24. The van der Waals surface area contributed by atoms with Gasteiger partial charge >= 0.3 is 0 Å². The Morgan fingerprint density at radius 2 is 2.15 bits per heavy atom. The molecule has 2 aromatic rings. The number of nitrogens with two attached hydrogens (primary N) is 1. The van der Waals surface area contributed by atoms with Crippen LogP contribution in [0, 0.1) is 0 Å². The highest BCUT2D eigenvalue weighted by molar-refractivity contribution is 7.99. The van der Waals surface area contributed by atoms with Gasteiger partial charge in [0.25, 0.3) is 0 Å². The highest BCUT2D eigenvalue weighted by Crippen LogP contribution is 2.34. The number of fused-ring (bicyclic) bond motifs is 1. The normalized spacial score (nSPS) is 19.8. The summed E-state index contributed by atoms with van der Waals surface area (Å²) in [4.78, 5) is 1.10. The van der Waals surface area contributed by atoms with E-state index < -0.39 is 10.0 Å². The molecule has 1 aromatic heterocycles. The van der Waals surface area contributed by atoms with Crippen molar-refractivity contribution in [3.63, 3.8) is 0 Å². The molecule has 0 aliphatic carbocycles. The van der Waals surface area contributed by atoms with Gasteiger partial charge in [0.05, 0.1) is 0 Å². The summed E-state index contributed by atoms with van der Waals surface area (Å²) in [6.07, 6.45) is 0.893. The number of sulfonamides is 1. The molecule has 0 spiro atoms. The highest BCUT2D eigenvalue weighted by atomic mass is 32.2. The summed E-state index contributed by atoms with van der Waals surface area (Å²) in [5.74, 6) is 1.86. The summed E-state index contributed by atoms with van der Waals surface area (Å²) in [6.45, 7) is 0.245. The molecule has 108 valence electrons. The molecule has 20 heavy (non-hydrogen) atoms. The molecule has 2 heterocycles. The van der Waals surface area contributed by atoms with Gasteiger partial charge in [-0.25, -0.2) is 13.1 Å². The topological polar surface area (TPSA) is 72.2 Å². The van der Waals surface area contributed by atoms with Crippen LogP contribution in [0.1, 0.15) is 11.3 Å². The Hall–Kier alpha value is -0.600. The first-order valence-electron chi connectivity index (χ1n) is 6.42. The molecular formula is C13H16N2O2S3. The Morgan fingerprint density at radius 1 is 1.35 bits per heavy atom. The summed E-state index contributed by atoms with van der Waals surface area (Å²) < 4.78 is 29.1. The number of benzene rings is 1. The molecule has 1 unspecified atom stereocenters. The van der Waals surface area contributed by atoms with Crippen molar-refractivity contribution in [2.75, 3.05) is 11.5 Å². The Morgan fingerprint density at radius 3 is 2.85 bits per heavy atom. The van der Waals surface area contributed by atoms with Crippen LogP contribution in [0.5, 0.6) is 0 Å². The first-order valence-corrected chi connectivity index (χ1v) is 9.88. The maximum absolute atomic E-state index is 12.7. The minimum atomic E-state index is -3.50. The van der Waals surface area contributed by atoms with Crippen molar-refractivity contribution in [2.45, 2.75) is 23.9 Å². The van der Waals surface area contributed by atoms with Crippen LogP contribution >= 0.6 is 23.1 Å². The number of hydrogen-bond acceptors (Lipinski definition) is 5. The predicted octanol–water partition coefficient (Wildman–Crippen LogP) is 2.14. The number of thioether (sulfide) groups is 1. The van der Waals surface area contributed by atoms with Crippen LogP contribution in [0.15, 0.2) is 29.2 Å². The van der Waals surface area contributed by atoms with Gasteiger partial charge in [-0.2, -0.15) is 11.8 Å². The van der Waals surface area contributed by atoms with Crippen molar-refractivity contribution < 1.29 is 8.42 Å². The molecule has 1 atom stereocenters. The average molecular weight is 328 g/mol. The van der Waals surface area contributed by atoms with Gasteiger partial charge in [-0.3, -0.25) is 0 Å². The minimum Gasteiger partial charge on any atom is -0.326 e. The third kappa shape index (κ3) is 2.60. The average Bonchev–Trinajstić information content (AvgIpc) is 3.04. The molecule has 0 bridgehead atoms. The van der Waals surface area contributed by atoms with Crippen LogP contribution in [-0.2, 0) is 16.6 Å². The van der Waals surface area contributed by atoms with Crippen LogP contribution in [0.4, 0.5) is 0 Å². The fourth-order valence-corrected chi connectivity index (χ4v) is 6.77. The number of nitrogens with one attached hydrogen (secondary N) is 1. The molecule has 0 amide bonds. The number of thiophene rings is 1. The van der Waals surface area contributed by atoms with Crippen LogP contribution in [-0.4, -0.2) is 26.0 Å². The second-order valence-electron chi connectivity index (χ2n) is 4.74. The summed E-state index contributed by atoms with van der Waals surface area (Å²) in [7, 11) is -3.50. The molecular weight excluding hydrogens is 312 g/mol. The van der Waals surface area contributed by atoms with Crippen LogP contribution in [0.2, 0.25) is 0 Å². The summed E-state index contributed by atoms with van der Waals surface area (Å²) in [5.41, 5.74) is 5.73. The van der Waals surface area contributed by atoms with Crippen molar-refractivity contribution in [1.29, 1.82) is 0 Å². The SMILES string of the molecule is NCc1sc2ccccc2c1S(=O)(=O)NC1CCSC1. The minimum absolute atomic E-state index is 0.0364. The van der Waals surface area contributed by atoms with Gasteiger partial charge in [-0.05, 0) is 18.2 Å². The van der Waals surface area contributed by atoms with Gasteiger partial charge in [0.1, 0.15) is 4.90 Å². The standard InChI is InChI=1S/C13H16N2O2S3/c14-7-12-13(10-3-1-2-4-11(10)19-12)20(16,17)15-9-5-6-18-8-9/h1-4,9,15H,5-8,14H2. The van der Waals surface area contributed by atoms with E-state index in [1.54, 1.807) is 11.8 Å². The van der Waals surface area contributed by atoms with Crippen LogP contribution in [0.3, 0.4) is 0 Å². The van der Waals surface area contributed by atoms with Crippen molar-refractivity contribution in [1.82, 2.24) is 4.72 Å². The predicted molar refractivity (Wildman–Crippen MR) is 85.8 cm³/mol. The van der Waals surface area contributed by atoms with Crippen molar-refractivity contribution in [3.05, 3.63) is 29.1 Å². The van der Waals surface area contributed by atoms with Gasteiger partial charge in [0.2, 0.25) is 10.0 Å². The van der Waals surface area contributed by atoms with E-state index in [1.807, 2.05) is 24.3 Å². The Kier molecular flexibility index (Phi) is 4.05. The second-order valence-corrected chi connectivity index (χ2v) is 8.67. The van der Waals surface area contributed by atoms with Crippen LogP contribution in [0.25, 0.3) is 10.1 Å². The van der Waals surface area contributed by atoms with E-state index in [4.69, 9.17) is 5.73 Å². The van der Waals surface area contributed by atoms with E-state index in [0.29, 0.717) is 4.90 Å². The largest absolute Gasteiger partial charge is 0.326 e. The molecule has 0 saturated carbocycles. The van der Waals surface area contributed by atoms with Gasteiger partial charge in [0, 0.05) is 33.3 Å². The fourth-order valence-electron chi connectivity index (χ4n) is 2.41. The van der Waals surface area contributed by atoms with E-state index in [9.17, 15) is 8.42 Å². The molecule has 4 nitrogen and oxygen atoms in total. The Labute approximate surface area is 126 Å². The summed E-state index contributed by atoms with van der Waals surface area (Å²) in [5, 5.41) is 0.774. The molecule has 1 aromatic carbocycles. The molecule has 0 radical (unpaired) electrons. The first kappa shape index (κ1) is 14.3. The molecule has 7 heteroatoms. The fraction of sp³-hybridized carbons (Fsp3) is 0.385. The van der Waals surface area contributed by atoms with Gasteiger partial charge in [-0.15, -0.1) is 11.3 Å². The number of rotatable bonds is 4. The van der Waals surface area contributed by atoms with Crippen molar-refractivity contribution in [2.24, 2.45) is 5.73 Å². The van der Waals surface area contributed by atoms with Crippen molar-refractivity contribution in [3.8, 4) is 0 Å². The zero-order valence-electron chi connectivity index (χ0n) is 10.8. The highest BCUT2D eigenvalue weighted by Gasteiger charge is 2.28. The second kappa shape index (κ2) is 5.65. The van der Waals surface area contributed by atoms with Gasteiger partial charge in [0.15, 0.2) is 0 Å². The number of hydrogen-bond donors (Lipinski definition) is 2. The van der Waals surface area contributed by atoms with E-state index in [2.05, 4.69) is 4.72 Å². The molecule has 1 aliphatic rings. The third-order valence-electron chi connectivity index (χ3n) is 3.32. The smallest absolute Gasteiger partial charge is 0.242 e. The Balaban J connectivity index is 2.07.